The molecule has 32 heavy (non-hydrogen) atoms. The summed E-state index contributed by atoms with van der Waals surface area (Å²) in [5.74, 6) is 0.0404. The maximum atomic E-state index is 13.2. The minimum atomic E-state index is -0.0308. The predicted octanol–water partition coefficient (Wildman–Crippen LogP) is 1.87. The van der Waals surface area contributed by atoms with Crippen molar-refractivity contribution in [2.75, 3.05) is 59.5 Å². The molecular weight excluding hydrogens is 446 g/mol. The molecule has 0 spiro atoms. The van der Waals surface area contributed by atoms with Gasteiger partial charge >= 0.3 is 0 Å². The highest BCUT2D eigenvalue weighted by Crippen LogP contribution is 2.36. The Morgan fingerprint density at radius 2 is 1.81 bits per heavy atom. The fraction of sp³-hybridized carbons (Fsp3) is 0.500. The lowest BCUT2D eigenvalue weighted by Crippen LogP contribution is -2.51. The van der Waals surface area contributed by atoms with Crippen molar-refractivity contribution in [1.82, 2.24) is 20.1 Å². The van der Waals surface area contributed by atoms with Crippen molar-refractivity contribution in [2.45, 2.75) is 12.5 Å². The lowest BCUT2D eigenvalue weighted by atomic mass is 10.1. The first-order valence-electron chi connectivity index (χ1n) is 10.8. The molecule has 4 rings (SSSR count). The van der Waals surface area contributed by atoms with E-state index in [-0.39, 0.29) is 17.9 Å². The van der Waals surface area contributed by atoms with Crippen molar-refractivity contribution < 1.29 is 14.3 Å². The van der Waals surface area contributed by atoms with Crippen molar-refractivity contribution in [3.05, 3.63) is 44.8 Å². The van der Waals surface area contributed by atoms with Gasteiger partial charge in [0.25, 0.3) is 5.91 Å². The molecule has 172 valence electrons. The van der Waals surface area contributed by atoms with E-state index in [0.717, 1.165) is 48.1 Å². The second kappa shape index (κ2) is 11.2. The van der Waals surface area contributed by atoms with E-state index in [2.05, 4.69) is 27.2 Å². The average Bonchev–Trinajstić information content (AvgIpc) is 3.55. The summed E-state index contributed by atoms with van der Waals surface area (Å²) in [7, 11) is 1.62. The van der Waals surface area contributed by atoms with Crippen molar-refractivity contribution in [1.29, 1.82) is 0 Å². The first-order valence-corrected chi connectivity index (χ1v) is 12.6. The second-order valence-electron chi connectivity index (χ2n) is 7.89. The number of methoxy groups -OCH3 is 1. The number of carbonyl (C=O) groups excluding carboxylic acids is 2. The van der Waals surface area contributed by atoms with E-state index in [9.17, 15) is 9.59 Å². The number of nitrogens with zero attached hydrogens (tertiary/aromatic N) is 4. The van der Waals surface area contributed by atoms with Gasteiger partial charge in [-0.1, -0.05) is 12.1 Å². The fourth-order valence-corrected chi connectivity index (χ4v) is 5.49. The minimum absolute atomic E-state index is 0.0119. The Hall–Kier alpha value is -2.11. The number of thiophene rings is 2. The molecular formula is C22H29N5O3S2. The van der Waals surface area contributed by atoms with E-state index in [1.54, 1.807) is 34.8 Å². The molecule has 1 atom stereocenters. The summed E-state index contributed by atoms with van der Waals surface area (Å²) in [5.41, 5.74) is 0.982. The molecule has 8 nitrogen and oxygen atoms in total. The van der Waals surface area contributed by atoms with Crippen LogP contribution in [0.1, 0.15) is 22.2 Å². The Kier molecular flexibility index (Phi) is 8.04. The molecule has 10 heteroatoms. The lowest BCUT2D eigenvalue weighted by molar-refractivity contribution is -0.135. The predicted molar refractivity (Wildman–Crippen MR) is 127 cm³/mol. The number of amides is 2. The Labute approximate surface area is 196 Å². The molecule has 1 unspecified atom stereocenters. The number of hydrogen-bond acceptors (Lipinski definition) is 8. The number of piperazine rings is 1. The number of hydrazone groups is 1. The normalized spacial score (nSPS) is 19.8. The summed E-state index contributed by atoms with van der Waals surface area (Å²) >= 11 is 3.33. The fourth-order valence-electron chi connectivity index (χ4n) is 3.96. The van der Waals surface area contributed by atoms with E-state index in [0.29, 0.717) is 26.2 Å². The van der Waals surface area contributed by atoms with E-state index < -0.39 is 0 Å². The van der Waals surface area contributed by atoms with Crippen LogP contribution in [0.4, 0.5) is 0 Å². The molecule has 0 saturated carbocycles. The summed E-state index contributed by atoms with van der Waals surface area (Å²) in [5, 5.41) is 13.4. The Morgan fingerprint density at radius 1 is 1.09 bits per heavy atom. The van der Waals surface area contributed by atoms with Gasteiger partial charge in [0.15, 0.2) is 0 Å². The van der Waals surface area contributed by atoms with Crippen LogP contribution in [0.3, 0.4) is 0 Å². The van der Waals surface area contributed by atoms with E-state index >= 15 is 0 Å². The summed E-state index contributed by atoms with van der Waals surface area (Å²) in [6.45, 7) is 4.82. The summed E-state index contributed by atoms with van der Waals surface area (Å²) in [6, 6.07) is 8.16. The van der Waals surface area contributed by atoms with Gasteiger partial charge < -0.3 is 10.1 Å². The van der Waals surface area contributed by atoms with Gasteiger partial charge in [0.2, 0.25) is 5.91 Å². The SMILES string of the molecule is COCCNC(=O)CN1CCN(CC(=O)N2N=C(c3cccs3)CC2c2cccs2)CC1. The highest BCUT2D eigenvalue weighted by Gasteiger charge is 2.35. The first-order chi connectivity index (χ1) is 15.6. The van der Waals surface area contributed by atoms with Crippen molar-refractivity contribution in [3.8, 4) is 0 Å². The summed E-state index contributed by atoms with van der Waals surface area (Å²) in [6.07, 6.45) is 0.749. The Balaban J connectivity index is 1.31. The number of rotatable bonds is 9. The van der Waals surface area contributed by atoms with Crippen LogP contribution in [-0.2, 0) is 14.3 Å². The van der Waals surface area contributed by atoms with Gasteiger partial charge in [-0.3, -0.25) is 19.4 Å². The zero-order valence-electron chi connectivity index (χ0n) is 18.2. The Morgan fingerprint density at radius 3 is 2.47 bits per heavy atom. The van der Waals surface area contributed by atoms with Crippen LogP contribution in [0.15, 0.2) is 40.1 Å². The molecule has 2 aromatic rings. The average molecular weight is 476 g/mol. The topological polar surface area (TPSA) is 77.5 Å². The van der Waals surface area contributed by atoms with Gasteiger partial charge in [0.05, 0.1) is 36.3 Å². The van der Waals surface area contributed by atoms with Crippen LogP contribution in [-0.4, -0.2) is 91.9 Å². The third-order valence-electron chi connectivity index (χ3n) is 5.66. The number of hydrogen-bond donors (Lipinski definition) is 1. The third kappa shape index (κ3) is 5.81. The largest absolute Gasteiger partial charge is 0.383 e. The van der Waals surface area contributed by atoms with Gasteiger partial charge in [-0.15, -0.1) is 22.7 Å². The van der Waals surface area contributed by atoms with Crippen LogP contribution in [0.5, 0.6) is 0 Å². The van der Waals surface area contributed by atoms with E-state index in [1.165, 1.54) is 0 Å². The van der Waals surface area contributed by atoms with Gasteiger partial charge in [-0.05, 0) is 22.9 Å². The van der Waals surface area contributed by atoms with Crippen molar-refractivity contribution >= 4 is 40.2 Å². The standard InChI is InChI=1S/C22H29N5O3S2/c1-30-11-6-23-21(28)15-25-7-9-26(10-8-25)16-22(29)27-18(20-5-3-13-32-20)14-17(24-27)19-4-2-12-31-19/h2-5,12-13,18H,6-11,14-16H2,1H3,(H,23,28). The van der Waals surface area contributed by atoms with Crippen molar-refractivity contribution in [3.63, 3.8) is 0 Å². The van der Waals surface area contributed by atoms with Crippen LogP contribution in [0, 0.1) is 0 Å². The van der Waals surface area contributed by atoms with Gasteiger partial charge in [-0.2, -0.15) is 5.10 Å². The van der Waals surface area contributed by atoms with Crippen LogP contribution in [0.2, 0.25) is 0 Å². The summed E-state index contributed by atoms with van der Waals surface area (Å²) < 4.78 is 4.96. The van der Waals surface area contributed by atoms with E-state index in [4.69, 9.17) is 9.84 Å². The van der Waals surface area contributed by atoms with Crippen molar-refractivity contribution in [2.24, 2.45) is 5.10 Å². The maximum absolute atomic E-state index is 13.2. The summed E-state index contributed by atoms with van der Waals surface area (Å²) in [4.78, 5) is 31.8. The van der Waals surface area contributed by atoms with Gasteiger partial charge in [-0.25, -0.2) is 5.01 Å². The molecule has 2 amide bonds. The molecule has 4 heterocycles. The smallest absolute Gasteiger partial charge is 0.257 e. The lowest BCUT2D eigenvalue weighted by Gasteiger charge is -2.34. The minimum Gasteiger partial charge on any atom is -0.383 e. The molecule has 0 aliphatic carbocycles. The third-order valence-corrected chi connectivity index (χ3v) is 7.55. The molecule has 1 N–H and O–H groups in total. The molecule has 0 aromatic carbocycles. The highest BCUT2D eigenvalue weighted by atomic mass is 32.1. The molecule has 1 saturated heterocycles. The zero-order chi connectivity index (χ0) is 22.3. The second-order valence-corrected chi connectivity index (χ2v) is 9.82. The molecule has 2 aromatic heterocycles. The molecule has 2 aliphatic heterocycles. The quantitative estimate of drug-likeness (QED) is 0.561. The monoisotopic (exact) mass is 475 g/mol. The molecule has 0 radical (unpaired) electrons. The van der Waals surface area contributed by atoms with E-state index in [1.807, 2.05) is 22.9 Å². The van der Waals surface area contributed by atoms with Crippen LogP contribution >= 0.6 is 22.7 Å². The van der Waals surface area contributed by atoms with Crippen LogP contribution < -0.4 is 5.32 Å². The molecule has 0 bridgehead atoms. The van der Waals surface area contributed by atoms with Gasteiger partial charge in [0.1, 0.15) is 0 Å². The molecule has 2 aliphatic rings. The van der Waals surface area contributed by atoms with Gasteiger partial charge in [0, 0.05) is 51.1 Å². The number of ether oxygens (including phenoxy) is 1. The zero-order valence-corrected chi connectivity index (χ0v) is 19.9. The van der Waals surface area contributed by atoms with Crippen LogP contribution in [0.25, 0.3) is 0 Å². The Bertz CT molecular complexity index is 908. The first kappa shape index (κ1) is 23.1. The number of carbonyl (C=O) groups is 2. The maximum Gasteiger partial charge on any atom is 0.257 e. The number of nitrogens with one attached hydrogen (secondary N) is 1. The highest BCUT2D eigenvalue weighted by molar-refractivity contribution is 7.12. The molecule has 1 fully saturated rings.